The maximum absolute atomic E-state index is 12.9. The summed E-state index contributed by atoms with van der Waals surface area (Å²) in [6.07, 6.45) is 5.55. The van der Waals surface area contributed by atoms with Gasteiger partial charge < -0.3 is 14.6 Å². The summed E-state index contributed by atoms with van der Waals surface area (Å²) in [4.78, 5) is 41.5. The highest BCUT2D eigenvalue weighted by atomic mass is 16.5. The number of piperidine rings is 1. The van der Waals surface area contributed by atoms with Gasteiger partial charge in [-0.25, -0.2) is 9.78 Å². The van der Waals surface area contributed by atoms with Gasteiger partial charge in [0.25, 0.3) is 5.56 Å². The molecule has 160 valence electrons. The van der Waals surface area contributed by atoms with Gasteiger partial charge in [0.1, 0.15) is 11.5 Å². The smallest absolute Gasteiger partial charge is 0.332 e. The fraction of sp³-hybridized carbons (Fsp3) is 0.700. The quantitative estimate of drug-likeness (QED) is 0.513. The Bertz CT molecular complexity index is 981. The van der Waals surface area contributed by atoms with Crippen LogP contribution in [0, 0.1) is 5.92 Å². The number of unbranched alkanes of at least 4 members (excludes halogenated alkanes) is 1. The van der Waals surface area contributed by atoms with Crippen LogP contribution in [-0.2, 0) is 36.6 Å². The number of aromatic nitrogens is 4. The van der Waals surface area contributed by atoms with E-state index in [2.05, 4.69) is 15.0 Å². The Kier molecular flexibility index (Phi) is 6.89. The summed E-state index contributed by atoms with van der Waals surface area (Å²) >= 11 is 0. The van der Waals surface area contributed by atoms with Gasteiger partial charge in [-0.3, -0.25) is 18.7 Å². The van der Waals surface area contributed by atoms with Crippen molar-refractivity contribution in [1.82, 2.24) is 24.0 Å². The van der Waals surface area contributed by atoms with Gasteiger partial charge in [-0.2, -0.15) is 0 Å². The normalized spacial score (nSPS) is 15.1. The molecule has 0 spiro atoms. The predicted molar refractivity (Wildman–Crippen MR) is 110 cm³/mol. The molecule has 2 aromatic heterocycles. The average Bonchev–Trinajstić information content (AvgIpc) is 3.07. The molecule has 0 atom stereocenters. The topological polar surface area (TPSA) is 100 Å². The maximum atomic E-state index is 12.9. The zero-order chi connectivity index (χ0) is 21.0. The summed E-state index contributed by atoms with van der Waals surface area (Å²) in [6.45, 7) is 2.38. The minimum Gasteiger partial charge on any atom is -0.469 e. The van der Waals surface area contributed by atoms with E-state index in [0.29, 0.717) is 29.9 Å². The molecule has 9 heteroatoms. The second-order valence-corrected chi connectivity index (χ2v) is 7.82. The molecule has 1 aliphatic rings. The Balaban J connectivity index is 1.81. The number of hydrogen-bond donors (Lipinski definition) is 1. The van der Waals surface area contributed by atoms with E-state index in [1.165, 1.54) is 29.1 Å². The van der Waals surface area contributed by atoms with Gasteiger partial charge in [-0.15, -0.1) is 0 Å². The van der Waals surface area contributed by atoms with Crippen LogP contribution in [-0.4, -0.2) is 44.9 Å². The fourth-order valence-electron chi connectivity index (χ4n) is 4.11. The number of carbonyl (C=O) groups excluding carboxylic acids is 1. The molecule has 0 bridgehead atoms. The van der Waals surface area contributed by atoms with Gasteiger partial charge in [-0.05, 0) is 51.1 Å². The monoisotopic (exact) mass is 405 g/mol. The van der Waals surface area contributed by atoms with Crippen LogP contribution >= 0.6 is 0 Å². The van der Waals surface area contributed by atoms with Crippen molar-refractivity contribution in [1.29, 1.82) is 0 Å². The van der Waals surface area contributed by atoms with Gasteiger partial charge in [0.05, 0.1) is 7.11 Å². The highest BCUT2D eigenvalue weighted by Gasteiger charge is 2.20. The Morgan fingerprint density at radius 3 is 2.59 bits per heavy atom. The molecule has 1 fully saturated rings. The molecule has 0 radical (unpaired) electrons. The largest absolute Gasteiger partial charge is 0.469 e. The van der Waals surface area contributed by atoms with E-state index in [1.54, 1.807) is 7.05 Å². The molecule has 0 unspecified atom stereocenters. The summed E-state index contributed by atoms with van der Waals surface area (Å²) in [6, 6.07) is 0. The molecule has 1 aliphatic heterocycles. The van der Waals surface area contributed by atoms with Gasteiger partial charge in [0.15, 0.2) is 5.52 Å². The summed E-state index contributed by atoms with van der Waals surface area (Å²) in [5.41, 5.74) is 0.187. The Hall–Kier alpha value is -2.42. The first kappa shape index (κ1) is 21.3. The van der Waals surface area contributed by atoms with Crippen LogP contribution in [0.1, 0.15) is 44.3 Å². The molecule has 1 N–H and O–H groups in total. The number of nitrogens with one attached hydrogen (secondary N) is 1. The number of fused-ring (bicyclic) bond motifs is 1. The molecule has 2 aromatic rings. The standard InChI is InChI=1S/C20H31N5O4/c1-23-15(8-7-14-9-11-21-12-10-14)22-17-18(23)24(2)20(28)25(19(17)27)13-5-4-6-16(26)29-3/h14,21H,4-13H2,1-3H3. The van der Waals surface area contributed by atoms with Gasteiger partial charge in [0.2, 0.25) is 0 Å². The Labute approximate surface area is 169 Å². The molecule has 3 heterocycles. The van der Waals surface area contributed by atoms with E-state index >= 15 is 0 Å². The number of methoxy groups -OCH3 is 1. The van der Waals surface area contributed by atoms with Crippen molar-refractivity contribution < 1.29 is 9.53 Å². The van der Waals surface area contributed by atoms with Gasteiger partial charge in [0, 0.05) is 33.5 Å². The third kappa shape index (κ3) is 4.60. The minimum atomic E-state index is -0.357. The third-order valence-corrected chi connectivity index (χ3v) is 5.92. The van der Waals surface area contributed by atoms with E-state index in [0.717, 1.165) is 31.8 Å². The van der Waals surface area contributed by atoms with E-state index in [-0.39, 0.29) is 30.2 Å². The van der Waals surface area contributed by atoms with Crippen LogP contribution in [0.15, 0.2) is 9.59 Å². The summed E-state index contributed by atoms with van der Waals surface area (Å²) < 4.78 is 9.22. The van der Waals surface area contributed by atoms with Crippen LogP contribution in [0.4, 0.5) is 0 Å². The van der Waals surface area contributed by atoms with E-state index in [1.807, 2.05) is 11.6 Å². The summed E-state index contributed by atoms with van der Waals surface area (Å²) in [5.74, 6) is 1.23. The lowest BCUT2D eigenvalue weighted by atomic mass is 9.93. The number of ether oxygens (including phenoxy) is 1. The minimum absolute atomic E-state index is 0.263. The molecule has 0 saturated carbocycles. The van der Waals surface area contributed by atoms with Crippen molar-refractivity contribution in [3.8, 4) is 0 Å². The number of carbonyl (C=O) groups is 1. The van der Waals surface area contributed by atoms with Gasteiger partial charge in [-0.1, -0.05) is 0 Å². The molecular weight excluding hydrogens is 374 g/mol. The lowest BCUT2D eigenvalue weighted by Gasteiger charge is -2.22. The number of hydrogen-bond acceptors (Lipinski definition) is 6. The molecule has 0 amide bonds. The lowest BCUT2D eigenvalue weighted by Crippen LogP contribution is -2.39. The van der Waals surface area contributed by atoms with Gasteiger partial charge >= 0.3 is 11.7 Å². The molecule has 29 heavy (non-hydrogen) atoms. The Morgan fingerprint density at radius 1 is 1.17 bits per heavy atom. The molecular formula is C20H31N5O4. The van der Waals surface area contributed by atoms with Crippen LogP contribution in [0.2, 0.25) is 0 Å². The summed E-state index contributed by atoms with van der Waals surface area (Å²) in [5, 5.41) is 3.37. The second-order valence-electron chi connectivity index (χ2n) is 7.82. The fourth-order valence-corrected chi connectivity index (χ4v) is 4.11. The van der Waals surface area contributed by atoms with Crippen molar-refractivity contribution in [3.63, 3.8) is 0 Å². The first-order valence-corrected chi connectivity index (χ1v) is 10.4. The highest BCUT2D eigenvalue weighted by Crippen LogP contribution is 2.19. The number of aryl methyl sites for hydroxylation is 3. The van der Waals surface area contributed by atoms with Crippen molar-refractivity contribution in [2.24, 2.45) is 20.0 Å². The molecule has 9 nitrogen and oxygen atoms in total. The van der Waals surface area contributed by atoms with Crippen LogP contribution in [0.5, 0.6) is 0 Å². The van der Waals surface area contributed by atoms with Crippen molar-refractivity contribution >= 4 is 17.1 Å². The highest BCUT2D eigenvalue weighted by molar-refractivity contribution is 5.71. The summed E-state index contributed by atoms with van der Waals surface area (Å²) in [7, 11) is 4.89. The van der Waals surface area contributed by atoms with Crippen molar-refractivity contribution in [2.45, 2.75) is 51.5 Å². The first-order chi connectivity index (χ1) is 13.9. The number of imidazole rings is 1. The van der Waals surface area contributed by atoms with E-state index < -0.39 is 0 Å². The zero-order valence-corrected chi connectivity index (χ0v) is 17.6. The molecule has 1 saturated heterocycles. The van der Waals surface area contributed by atoms with Crippen LogP contribution < -0.4 is 16.6 Å². The average molecular weight is 405 g/mol. The van der Waals surface area contributed by atoms with Crippen LogP contribution in [0.25, 0.3) is 11.2 Å². The van der Waals surface area contributed by atoms with Crippen molar-refractivity contribution in [2.75, 3.05) is 20.2 Å². The third-order valence-electron chi connectivity index (χ3n) is 5.92. The van der Waals surface area contributed by atoms with E-state index in [9.17, 15) is 14.4 Å². The van der Waals surface area contributed by atoms with Crippen molar-refractivity contribution in [3.05, 3.63) is 26.7 Å². The second kappa shape index (κ2) is 9.39. The Morgan fingerprint density at radius 2 is 1.90 bits per heavy atom. The maximum Gasteiger partial charge on any atom is 0.332 e. The molecule has 0 aliphatic carbocycles. The lowest BCUT2D eigenvalue weighted by molar-refractivity contribution is -0.140. The molecule has 3 rings (SSSR count). The number of esters is 1. The zero-order valence-electron chi connectivity index (χ0n) is 17.6. The van der Waals surface area contributed by atoms with E-state index in [4.69, 9.17) is 0 Å². The first-order valence-electron chi connectivity index (χ1n) is 10.4. The number of nitrogens with zero attached hydrogens (tertiary/aromatic N) is 4. The molecule has 0 aromatic carbocycles. The van der Waals surface area contributed by atoms with Crippen LogP contribution in [0.3, 0.4) is 0 Å². The predicted octanol–water partition coefficient (Wildman–Crippen LogP) is 0.709. The SMILES string of the molecule is COC(=O)CCCCn1c(=O)c2nc(CCC3CCNCC3)n(C)c2n(C)c1=O. The number of rotatable bonds is 8.